The number of aldehydes is 1. The van der Waals surface area contributed by atoms with Crippen molar-refractivity contribution in [3.05, 3.63) is 0 Å². The summed E-state index contributed by atoms with van der Waals surface area (Å²) in [5, 5.41) is 24.4. The molecule has 0 spiro atoms. The first-order valence-corrected chi connectivity index (χ1v) is 10.5. The Morgan fingerprint density at radius 3 is 1.35 bits per heavy atom. The molecule has 0 aromatic heterocycles. The van der Waals surface area contributed by atoms with Crippen LogP contribution in [0.2, 0.25) is 0 Å². The number of hydrogen-bond acceptors (Lipinski definition) is 4. The zero-order valence-electron chi connectivity index (χ0n) is 16.8. The van der Waals surface area contributed by atoms with Crippen LogP contribution >= 0.6 is 0 Å². The van der Waals surface area contributed by atoms with Crippen LogP contribution in [0.15, 0.2) is 0 Å². The molecule has 0 aromatic carbocycles. The quantitative estimate of drug-likeness (QED) is 0.235. The van der Waals surface area contributed by atoms with E-state index in [1.807, 2.05) is 0 Å². The minimum Gasteiger partial charge on any atom is -0.481 e. The number of carboxylic acid groups (broad SMARTS) is 1. The van der Waals surface area contributed by atoms with Crippen LogP contribution in [0.25, 0.3) is 0 Å². The Labute approximate surface area is 160 Å². The standard InChI is InChI=1S/C18H36O2.C3H6O3/c1-2-3-4-5-6-7-8-9-10-11-12-13-14-15-16-17-18(19)20;4-1-3(6)2-5/h2-17H2,1H3,(H,19,20);1,3,5-6H,2H2. The van der Waals surface area contributed by atoms with Gasteiger partial charge in [-0.15, -0.1) is 0 Å². The van der Waals surface area contributed by atoms with Crippen LogP contribution < -0.4 is 0 Å². The van der Waals surface area contributed by atoms with Crippen molar-refractivity contribution in [3.63, 3.8) is 0 Å². The van der Waals surface area contributed by atoms with Crippen LogP contribution in [0, 0.1) is 0 Å². The topological polar surface area (TPSA) is 94.8 Å². The van der Waals surface area contributed by atoms with E-state index in [4.69, 9.17) is 15.3 Å². The summed E-state index contributed by atoms with van der Waals surface area (Å²) in [6.45, 7) is 1.79. The van der Waals surface area contributed by atoms with Crippen molar-refractivity contribution in [1.82, 2.24) is 0 Å². The Kier molecular flexibility index (Phi) is 25.2. The maximum absolute atomic E-state index is 10.3. The smallest absolute Gasteiger partial charge is 0.303 e. The van der Waals surface area contributed by atoms with Crippen molar-refractivity contribution in [2.75, 3.05) is 6.61 Å². The highest BCUT2D eigenvalue weighted by atomic mass is 16.4. The summed E-state index contributed by atoms with van der Waals surface area (Å²) in [6, 6.07) is 0. The molecule has 5 nitrogen and oxygen atoms in total. The van der Waals surface area contributed by atoms with Crippen molar-refractivity contribution < 1.29 is 24.9 Å². The van der Waals surface area contributed by atoms with Crippen LogP contribution in [0.4, 0.5) is 0 Å². The molecule has 26 heavy (non-hydrogen) atoms. The second kappa shape index (κ2) is 24.1. The zero-order chi connectivity index (χ0) is 19.9. The van der Waals surface area contributed by atoms with Crippen LogP contribution in [-0.2, 0) is 9.59 Å². The van der Waals surface area contributed by atoms with Gasteiger partial charge < -0.3 is 20.1 Å². The number of hydrogen-bond donors (Lipinski definition) is 3. The van der Waals surface area contributed by atoms with Gasteiger partial charge in [0, 0.05) is 6.42 Å². The summed E-state index contributed by atoms with van der Waals surface area (Å²) < 4.78 is 0. The zero-order valence-corrected chi connectivity index (χ0v) is 16.8. The van der Waals surface area contributed by atoms with E-state index in [2.05, 4.69) is 6.92 Å². The number of rotatable bonds is 18. The number of aliphatic carboxylic acids is 1. The lowest BCUT2D eigenvalue weighted by Gasteiger charge is -2.03. The molecule has 0 rings (SSSR count). The molecule has 156 valence electrons. The van der Waals surface area contributed by atoms with Crippen molar-refractivity contribution in [2.45, 2.75) is 116 Å². The summed E-state index contributed by atoms with van der Waals surface area (Å²) in [6.07, 6.45) is 19.3. The van der Waals surface area contributed by atoms with Crippen LogP contribution in [0.1, 0.15) is 110 Å². The largest absolute Gasteiger partial charge is 0.481 e. The Balaban J connectivity index is 0. The van der Waals surface area contributed by atoms with Gasteiger partial charge in [0.25, 0.3) is 0 Å². The molecule has 0 aliphatic rings. The molecule has 0 aliphatic carbocycles. The van der Waals surface area contributed by atoms with Crippen molar-refractivity contribution in [3.8, 4) is 0 Å². The van der Waals surface area contributed by atoms with Crippen molar-refractivity contribution in [2.24, 2.45) is 0 Å². The van der Waals surface area contributed by atoms with Crippen LogP contribution in [-0.4, -0.2) is 40.3 Å². The molecular formula is C21H42O5. The highest BCUT2D eigenvalue weighted by molar-refractivity contribution is 5.66. The van der Waals surface area contributed by atoms with E-state index < -0.39 is 18.7 Å². The van der Waals surface area contributed by atoms with E-state index in [1.165, 1.54) is 83.5 Å². The molecule has 0 saturated carbocycles. The highest BCUT2D eigenvalue weighted by Gasteiger charge is 1.97. The van der Waals surface area contributed by atoms with Gasteiger partial charge in [0.15, 0.2) is 6.29 Å². The molecular weight excluding hydrogens is 332 g/mol. The summed E-state index contributed by atoms with van der Waals surface area (Å²) in [4.78, 5) is 19.7. The molecule has 5 heteroatoms. The third kappa shape index (κ3) is 27.9. The Bertz CT molecular complexity index is 294. The number of carbonyl (C=O) groups excluding carboxylic acids is 1. The van der Waals surface area contributed by atoms with Gasteiger partial charge in [0.05, 0.1) is 6.61 Å². The third-order valence-electron chi connectivity index (χ3n) is 4.34. The SMILES string of the molecule is CCCCCCCCCCCCCCCCCC(=O)O.O=CC(O)CO. The minimum atomic E-state index is -1.19. The average molecular weight is 375 g/mol. The number of carbonyl (C=O) groups is 2. The van der Waals surface area contributed by atoms with E-state index in [1.54, 1.807) is 0 Å². The molecule has 0 aromatic rings. The highest BCUT2D eigenvalue weighted by Crippen LogP contribution is 2.13. The Hall–Kier alpha value is -0.940. The maximum Gasteiger partial charge on any atom is 0.303 e. The van der Waals surface area contributed by atoms with Crippen LogP contribution in [0.5, 0.6) is 0 Å². The summed E-state index contributed by atoms with van der Waals surface area (Å²) >= 11 is 0. The van der Waals surface area contributed by atoms with Gasteiger partial charge >= 0.3 is 5.97 Å². The molecule has 1 unspecified atom stereocenters. The van der Waals surface area contributed by atoms with Gasteiger partial charge in [-0.25, -0.2) is 0 Å². The molecule has 0 aliphatic heterocycles. The molecule has 0 bridgehead atoms. The van der Waals surface area contributed by atoms with Gasteiger partial charge in [0.1, 0.15) is 6.10 Å². The molecule has 0 radical (unpaired) electrons. The predicted molar refractivity (Wildman–Crippen MR) is 106 cm³/mol. The number of unbranched alkanes of at least 4 members (excludes halogenated alkanes) is 14. The first-order chi connectivity index (χ1) is 12.6. The Morgan fingerprint density at radius 1 is 0.769 bits per heavy atom. The molecule has 1 atom stereocenters. The van der Waals surface area contributed by atoms with Crippen molar-refractivity contribution >= 4 is 12.3 Å². The molecule has 0 fully saturated rings. The van der Waals surface area contributed by atoms with E-state index in [0.29, 0.717) is 6.42 Å². The molecule has 0 heterocycles. The first kappa shape index (κ1) is 27.3. The summed E-state index contributed by atoms with van der Waals surface area (Å²) in [7, 11) is 0. The van der Waals surface area contributed by atoms with Gasteiger partial charge in [-0.05, 0) is 6.42 Å². The normalized spacial score (nSPS) is 11.5. The molecule has 0 amide bonds. The summed E-state index contributed by atoms with van der Waals surface area (Å²) in [5.41, 5.74) is 0. The lowest BCUT2D eigenvalue weighted by atomic mass is 10.0. The predicted octanol–water partition coefficient (Wildman–Crippen LogP) is 4.87. The second-order valence-electron chi connectivity index (χ2n) is 6.98. The van der Waals surface area contributed by atoms with E-state index in [9.17, 15) is 9.59 Å². The fourth-order valence-corrected chi connectivity index (χ4v) is 2.69. The molecule has 3 N–H and O–H groups in total. The van der Waals surface area contributed by atoms with Crippen LogP contribution in [0.3, 0.4) is 0 Å². The first-order valence-electron chi connectivity index (χ1n) is 10.5. The van der Waals surface area contributed by atoms with Gasteiger partial charge in [-0.2, -0.15) is 0 Å². The minimum absolute atomic E-state index is 0.278. The van der Waals surface area contributed by atoms with Gasteiger partial charge in [0.2, 0.25) is 0 Å². The van der Waals surface area contributed by atoms with Crippen molar-refractivity contribution in [1.29, 1.82) is 0 Å². The second-order valence-corrected chi connectivity index (χ2v) is 6.98. The lowest BCUT2D eigenvalue weighted by Crippen LogP contribution is -2.12. The number of carboxylic acids is 1. The van der Waals surface area contributed by atoms with E-state index in [-0.39, 0.29) is 6.29 Å². The average Bonchev–Trinajstić information content (AvgIpc) is 2.64. The molecule has 0 saturated heterocycles. The van der Waals surface area contributed by atoms with E-state index >= 15 is 0 Å². The Morgan fingerprint density at radius 2 is 1.12 bits per heavy atom. The van der Waals surface area contributed by atoms with Gasteiger partial charge in [-0.3, -0.25) is 4.79 Å². The fourth-order valence-electron chi connectivity index (χ4n) is 2.69. The lowest BCUT2D eigenvalue weighted by molar-refractivity contribution is -0.137. The van der Waals surface area contributed by atoms with E-state index in [0.717, 1.165) is 12.8 Å². The number of aliphatic hydroxyl groups is 2. The monoisotopic (exact) mass is 374 g/mol. The fraction of sp³-hybridized carbons (Fsp3) is 0.905. The van der Waals surface area contributed by atoms with Gasteiger partial charge in [-0.1, -0.05) is 96.8 Å². The number of aliphatic hydroxyl groups excluding tert-OH is 2. The maximum atomic E-state index is 10.3. The summed E-state index contributed by atoms with van der Waals surface area (Å²) in [5.74, 6) is -0.653. The third-order valence-corrected chi connectivity index (χ3v) is 4.34.